The maximum absolute atomic E-state index is 12.3. The minimum atomic E-state index is -0.149. The third-order valence-corrected chi connectivity index (χ3v) is 3.83. The van der Waals surface area contributed by atoms with Crippen molar-refractivity contribution in [2.75, 3.05) is 5.32 Å². The summed E-state index contributed by atoms with van der Waals surface area (Å²) < 4.78 is 0. The fraction of sp³-hybridized carbons (Fsp3) is 0.529. The molecule has 1 aromatic carbocycles. The molecule has 0 bridgehead atoms. The minimum Gasteiger partial charge on any atom is -0.350 e. The van der Waals surface area contributed by atoms with E-state index in [-0.39, 0.29) is 23.8 Å². The van der Waals surface area contributed by atoms with Crippen LogP contribution in [-0.4, -0.2) is 17.9 Å². The van der Waals surface area contributed by atoms with Gasteiger partial charge in [-0.25, -0.2) is 0 Å². The van der Waals surface area contributed by atoms with Crippen LogP contribution in [-0.2, 0) is 4.79 Å². The Morgan fingerprint density at radius 3 is 2.43 bits per heavy atom. The Morgan fingerprint density at radius 2 is 1.76 bits per heavy atom. The first-order valence-corrected chi connectivity index (χ1v) is 7.78. The molecule has 2 amide bonds. The van der Waals surface area contributed by atoms with Crippen molar-refractivity contribution >= 4 is 17.5 Å². The van der Waals surface area contributed by atoms with Gasteiger partial charge in [-0.3, -0.25) is 9.59 Å². The van der Waals surface area contributed by atoms with Crippen LogP contribution >= 0.6 is 0 Å². The molecule has 1 aliphatic rings. The Bertz CT molecular complexity index is 505. The van der Waals surface area contributed by atoms with Crippen LogP contribution in [0.25, 0.3) is 0 Å². The van der Waals surface area contributed by atoms with Gasteiger partial charge in [-0.1, -0.05) is 31.4 Å². The van der Waals surface area contributed by atoms with Crippen molar-refractivity contribution in [2.24, 2.45) is 5.92 Å². The van der Waals surface area contributed by atoms with Gasteiger partial charge in [-0.15, -0.1) is 0 Å². The van der Waals surface area contributed by atoms with Crippen molar-refractivity contribution in [3.8, 4) is 0 Å². The Balaban J connectivity index is 2.08. The number of nitrogens with one attached hydrogen (secondary N) is 2. The number of benzene rings is 1. The van der Waals surface area contributed by atoms with E-state index in [9.17, 15) is 9.59 Å². The third-order valence-electron chi connectivity index (χ3n) is 3.83. The summed E-state index contributed by atoms with van der Waals surface area (Å²) in [6.07, 6.45) is 5.36. The number of carbonyl (C=O) groups excluding carboxylic acids is 2. The number of hydrogen-bond donors (Lipinski definition) is 2. The predicted octanol–water partition coefficient (Wildman–Crippen LogP) is 3.34. The fourth-order valence-corrected chi connectivity index (χ4v) is 2.73. The average Bonchev–Trinajstić information content (AvgIpc) is 2.48. The highest BCUT2D eigenvalue weighted by molar-refractivity contribution is 6.04. The zero-order valence-electron chi connectivity index (χ0n) is 12.8. The number of amides is 2. The largest absolute Gasteiger partial charge is 0.350 e. The zero-order chi connectivity index (χ0) is 15.2. The topological polar surface area (TPSA) is 58.2 Å². The summed E-state index contributed by atoms with van der Waals surface area (Å²) in [5, 5.41) is 5.80. The summed E-state index contributed by atoms with van der Waals surface area (Å²) in [6.45, 7) is 3.84. The van der Waals surface area contributed by atoms with Crippen LogP contribution in [0.1, 0.15) is 56.3 Å². The molecule has 1 fully saturated rings. The summed E-state index contributed by atoms with van der Waals surface area (Å²) >= 11 is 0. The average molecular weight is 288 g/mol. The maximum atomic E-state index is 12.3. The van der Waals surface area contributed by atoms with Crippen LogP contribution < -0.4 is 10.6 Å². The van der Waals surface area contributed by atoms with E-state index in [2.05, 4.69) is 10.6 Å². The van der Waals surface area contributed by atoms with Crippen molar-refractivity contribution in [1.82, 2.24) is 5.32 Å². The fourth-order valence-electron chi connectivity index (χ4n) is 2.73. The highest BCUT2D eigenvalue weighted by Crippen LogP contribution is 2.25. The molecule has 0 saturated heterocycles. The number of para-hydroxylation sites is 1. The molecule has 0 unspecified atom stereocenters. The molecule has 21 heavy (non-hydrogen) atoms. The van der Waals surface area contributed by atoms with Gasteiger partial charge in [-0.2, -0.15) is 0 Å². The van der Waals surface area contributed by atoms with E-state index in [4.69, 9.17) is 0 Å². The molecule has 0 aromatic heterocycles. The highest BCUT2D eigenvalue weighted by atomic mass is 16.2. The molecule has 0 heterocycles. The van der Waals surface area contributed by atoms with Crippen molar-refractivity contribution in [1.29, 1.82) is 0 Å². The van der Waals surface area contributed by atoms with Crippen molar-refractivity contribution in [2.45, 2.75) is 52.0 Å². The van der Waals surface area contributed by atoms with Gasteiger partial charge in [-0.05, 0) is 38.8 Å². The van der Waals surface area contributed by atoms with Crippen LogP contribution in [0, 0.1) is 5.92 Å². The molecule has 0 aliphatic heterocycles. The molecular weight excluding hydrogens is 264 g/mol. The highest BCUT2D eigenvalue weighted by Gasteiger charge is 2.22. The standard InChI is InChI=1S/C17H24N2O2/c1-12(2)18-17(21)14-10-6-7-11-15(14)19-16(20)13-8-4-3-5-9-13/h6-7,10-13H,3-5,8-9H2,1-2H3,(H,18,21)(H,19,20). The van der Waals surface area contributed by atoms with Crippen LogP contribution in [0.3, 0.4) is 0 Å². The SMILES string of the molecule is CC(C)NC(=O)c1ccccc1NC(=O)C1CCCCC1. The normalized spacial score (nSPS) is 15.8. The van der Waals surface area contributed by atoms with Gasteiger partial charge >= 0.3 is 0 Å². The Hall–Kier alpha value is -1.84. The molecular formula is C17H24N2O2. The van der Waals surface area contributed by atoms with Gasteiger partial charge in [0.1, 0.15) is 0 Å². The van der Waals surface area contributed by atoms with E-state index < -0.39 is 0 Å². The molecule has 1 aliphatic carbocycles. The Kier molecular flexibility index (Phi) is 5.37. The monoisotopic (exact) mass is 288 g/mol. The third kappa shape index (κ3) is 4.31. The number of hydrogen-bond acceptors (Lipinski definition) is 2. The summed E-state index contributed by atoms with van der Waals surface area (Å²) in [5.74, 6) is -0.0241. The van der Waals surface area contributed by atoms with Gasteiger partial charge < -0.3 is 10.6 Å². The van der Waals surface area contributed by atoms with Crippen LogP contribution in [0.2, 0.25) is 0 Å². The van der Waals surface area contributed by atoms with E-state index >= 15 is 0 Å². The lowest BCUT2D eigenvalue weighted by Gasteiger charge is -2.21. The van der Waals surface area contributed by atoms with Crippen molar-refractivity contribution in [3.05, 3.63) is 29.8 Å². The first-order chi connectivity index (χ1) is 10.1. The molecule has 114 valence electrons. The number of carbonyl (C=O) groups is 2. The first kappa shape index (κ1) is 15.5. The molecule has 4 nitrogen and oxygen atoms in total. The second-order valence-corrected chi connectivity index (χ2v) is 6.00. The Labute approximate surface area is 126 Å². The summed E-state index contributed by atoms with van der Waals surface area (Å²) in [4.78, 5) is 24.5. The van der Waals surface area contributed by atoms with Crippen molar-refractivity contribution < 1.29 is 9.59 Å². The number of rotatable bonds is 4. The van der Waals surface area contributed by atoms with Gasteiger partial charge in [0, 0.05) is 12.0 Å². The van der Waals surface area contributed by atoms with Crippen LogP contribution in [0.5, 0.6) is 0 Å². The summed E-state index contributed by atoms with van der Waals surface area (Å²) in [6, 6.07) is 7.25. The van der Waals surface area contributed by atoms with Crippen molar-refractivity contribution in [3.63, 3.8) is 0 Å². The molecule has 1 aromatic rings. The second-order valence-electron chi connectivity index (χ2n) is 6.00. The van der Waals surface area contributed by atoms with E-state index in [0.717, 1.165) is 25.7 Å². The summed E-state index contributed by atoms with van der Waals surface area (Å²) in [5.41, 5.74) is 1.13. The van der Waals surface area contributed by atoms with E-state index in [1.165, 1.54) is 6.42 Å². The molecule has 2 N–H and O–H groups in total. The molecule has 4 heteroatoms. The van der Waals surface area contributed by atoms with Gasteiger partial charge in [0.25, 0.3) is 5.91 Å². The lowest BCUT2D eigenvalue weighted by Crippen LogP contribution is -2.31. The summed E-state index contributed by atoms with van der Waals surface area (Å²) in [7, 11) is 0. The van der Waals surface area contributed by atoms with E-state index in [0.29, 0.717) is 11.3 Å². The molecule has 0 spiro atoms. The molecule has 0 atom stereocenters. The first-order valence-electron chi connectivity index (χ1n) is 7.78. The lowest BCUT2D eigenvalue weighted by molar-refractivity contribution is -0.120. The predicted molar refractivity (Wildman–Crippen MR) is 84.2 cm³/mol. The van der Waals surface area contributed by atoms with E-state index in [1.807, 2.05) is 26.0 Å². The smallest absolute Gasteiger partial charge is 0.253 e. The van der Waals surface area contributed by atoms with Crippen LogP contribution in [0.4, 0.5) is 5.69 Å². The molecule has 0 radical (unpaired) electrons. The quantitative estimate of drug-likeness (QED) is 0.892. The Morgan fingerprint density at radius 1 is 1.10 bits per heavy atom. The zero-order valence-corrected chi connectivity index (χ0v) is 12.8. The van der Waals surface area contributed by atoms with Crippen LogP contribution in [0.15, 0.2) is 24.3 Å². The maximum Gasteiger partial charge on any atom is 0.253 e. The van der Waals surface area contributed by atoms with Gasteiger partial charge in [0.2, 0.25) is 5.91 Å². The van der Waals surface area contributed by atoms with Gasteiger partial charge in [0.15, 0.2) is 0 Å². The van der Waals surface area contributed by atoms with E-state index in [1.54, 1.807) is 12.1 Å². The minimum absolute atomic E-state index is 0.0412. The lowest BCUT2D eigenvalue weighted by atomic mass is 9.88. The molecule has 2 rings (SSSR count). The number of anilines is 1. The van der Waals surface area contributed by atoms with Gasteiger partial charge in [0.05, 0.1) is 11.3 Å². The second kappa shape index (κ2) is 7.25. The molecule has 1 saturated carbocycles.